The van der Waals surface area contributed by atoms with Crippen LogP contribution >= 0.6 is 0 Å². The van der Waals surface area contributed by atoms with E-state index in [1.807, 2.05) is 13.8 Å². The Morgan fingerprint density at radius 2 is 1.09 bits per heavy atom. The number of carbonyl (C=O) groups excluding carboxylic acids is 2. The van der Waals surface area contributed by atoms with Crippen molar-refractivity contribution in [3.63, 3.8) is 0 Å². The van der Waals surface area contributed by atoms with Crippen molar-refractivity contribution in [1.29, 1.82) is 0 Å². The molecule has 58 heavy (non-hydrogen) atoms. The summed E-state index contributed by atoms with van der Waals surface area (Å²) >= 11 is 0. The number of hydrogen-bond acceptors (Lipinski definition) is 13. The molecule has 19 heteroatoms. The van der Waals surface area contributed by atoms with E-state index in [1.165, 1.54) is 18.2 Å². The van der Waals surface area contributed by atoms with Gasteiger partial charge in [0, 0.05) is 47.7 Å². The second kappa shape index (κ2) is 13.5. The van der Waals surface area contributed by atoms with Crippen LogP contribution in [0.25, 0.3) is 0 Å². The quantitative estimate of drug-likeness (QED) is 0.159. The molecule has 2 spiro atoms. The lowest BCUT2D eigenvalue weighted by Crippen LogP contribution is -2.67. The van der Waals surface area contributed by atoms with Crippen LogP contribution in [0.5, 0.6) is 0 Å². The topological polar surface area (TPSA) is 139 Å². The van der Waals surface area contributed by atoms with Gasteiger partial charge in [-0.05, 0) is 76.3 Å². The van der Waals surface area contributed by atoms with E-state index in [2.05, 4.69) is 4.98 Å². The zero-order valence-corrected chi connectivity index (χ0v) is 32.0. The summed E-state index contributed by atoms with van der Waals surface area (Å²) in [6, 6.07) is 3.59. The lowest BCUT2D eigenvalue weighted by atomic mass is 9.59. The van der Waals surface area contributed by atoms with Crippen LogP contribution in [0.4, 0.5) is 26.3 Å². The van der Waals surface area contributed by atoms with Crippen molar-refractivity contribution >= 4 is 11.9 Å². The van der Waals surface area contributed by atoms with Crippen LogP contribution in [0.1, 0.15) is 100 Å². The summed E-state index contributed by atoms with van der Waals surface area (Å²) in [5.74, 6) is -10.1. The van der Waals surface area contributed by atoms with E-state index in [0.717, 1.165) is 0 Å². The Labute approximate surface area is 328 Å². The molecule has 13 nitrogen and oxygen atoms in total. The molecule has 8 fully saturated rings. The van der Waals surface area contributed by atoms with E-state index in [-0.39, 0.29) is 47.7 Å². The standard InChI is InChI=1S/C39H43F6NO12/c1-18-8-10-24-20(28(38(40,41)42)51-32-36(24)22(18)12-14-34(3,53-32)55-57-36)16-49-30(47)26-6-5-7-27(46-26)31(48)50-17-21-25-11-9-19(2)23-13-15-35(4)54-33(37(23,25)58-56-35)52-29(21)39(43,44)45/h5-7,18-19,22-25,32-33H,8-17H2,1-4H3/t18-,19-,22+,23+,24+,25+,32-,33-,34+,35+,36-,37-/m1/s1. The van der Waals surface area contributed by atoms with Crippen molar-refractivity contribution in [3.8, 4) is 0 Å². The van der Waals surface area contributed by atoms with Crippen molar-refractivity contribution in [2.45, 2.75) is 127 Å². The van der Waals surface area contributed by atoms with Crippen molar-refractivity contribution < 1.29 is 83.9 Å². The normalized spacial score (nSPS) is 41.7. The van der Waals surface area contributed by atoms with Gasteiger partial charge >= 0.3 is 24.3 Å². The van der Waals surface area contributed by atoms with E-state index in [4.69, 9.17) is 48.0 Å². The van der Waals surface area contributed by atoms with E-state index >= 15 is 0 Å². The number of halogens is 6. The highest BCUT2D eigenvalue weighted by Crippen LogP contribution is 2.63. The average molecular weight is 832 g/mol. The smallest absolute Gasteiger partial charge is 0.449 e. The van der Waals surface area contributed by atoms with E-state index < -0.39 is 108 Å². The molecule has 1 aromatic heterocycles. The van der Waals surface area contributed by atoms with Gasteiger partial charge < -0.3 is 28.4 Å². The van der Waals surface area contributed by atoms with Crippen LogP contribution in [-0.4, -0.2) is 77.8 Å². The molecule has 12 atom stereocenters. The van der Waals surface area contributed by atoms with Crippen LogP contribution < -0.4 is 0 Å². The van der Waals surface area contributed by atoms with Crippen molar-refractivity contribution in [1.82, 2.24) is 4.98 Å². The molecule has 0 radical (unpaired) electrons. The molecule has 9 heterocycles. The molecule has 2 saturated carbocycles. The van der Waals surface area contributed by atoms with Gasteiger partial charge in [-0.2, -0.15) is 26.3 Å². The van der Waals surface area contributed by atoms with Gasteiger partial charge in [-0.1, -0.05) is 19.9 Å². The highest BCUT2D eigenvalue weighted by Gasteiger charge is 2.72. The summed E-state index contributed by atoms with van der Waals surface area (Å²) in [6.07, 6.45) is -9.45. The number of hydrogen-bond donors (Lipinski definition) is 0. The molecule has 0 unspecified atom stereocenters. The maximum atomic E-state index is 14.6. The van der Waals surface area contributed by atoms with E-state index in [9.17, 15) is 35.9 Å². The van der Waals surface area contributed by atoms with Crippen LogP contribution in [-0.2, 0) is 48.0 Å². The number of fused-ring (bicyclic) bond motifs is 4. The maximum absolute atomic E-state index is 14.6. The van der Waals surface area contributed by atoms with Gasteiger partial charge in [0.2, 0.25) is 35.7 Å². The molecule has 1 aromatic rings. The van der Waals surface area contributed by atoms with Crippen LogP contribution in [0.15, 0.2) is 40.9 Å². The predicted molar refractivity (Wildman–Crippen MR) is 179 cm³/mol. The molecule has 0 N–H and O–H groups in total. The SMILES string of the molecule is C[C@@H]1CC[C@H]2C(COC(=O)c3cccc(C(=O)OCC4=C(C(F)(F)F)O[C@@H]5O[C@]6(C)CC[C@H]7[C@H](C)CC[C@@H]4[C@@]57OO6)n3)=C(C(F)(F)F)O[C@@H]3O[C@]4(C)CC[C@@H]1[C@]32OO4. The fourth-order valence-corrected chi connectivity index (χ4v) is 10.9. The molecule has 318 valence electrons. The summed E-state index contributed by atoms with van der Waals surface area (Å²) in [4.78, 5) is 54.0. The van der Waals surface area contributed by atoms with Crippen molar-refractivity contribution in [2.24, 2.45) is 35.5 Å². The Kier molecular flexibility index (Phi) is 9.30. The Balaban J connectivity index is 0.944. The van der Waals surface area contributed by atoms with Crippen molar-refractivity contribution in [3.05, 3.63) is 52.3 Å². The molecule has 0 amide bonds. The molecule has 4 bridgehead atoms. The molecule has 11 rings (SSSR count). The second-order valence-electron chi connectivity index (χ2n) is 17.2. The van der Waals surface area contributed by atoms with Crippen LogP contribution in [0.3, 0.4) is 0 Å². The van der Waals surface area contributed by atoms with Crippen molar-refractivity contribution in [2.75, 3.05) is 13.2 Å². The van der Waals surface area contributed by atoms with Crippen LogP contribution in [0, 0.1) is 35.5 Å². The number of carbonyl (C=O) groups is 2. The average Bonchev–Trinajstić information content (AvgIpc) is 3.55. The third kappa shape index (κ3) is 6.15. The first kappa shape index (κ1) is 39.9. The number of nitrogens with zero attached hydrogens (tertiary/aromatic N) is 1. The van der Waals surface area contributed by atoms with E-state index in [1.54, 1.807) is 13.8 Å². The van der Waals surface area contributed by atoms with Gasteiger partial charge in [0.15, 0.2) is 11.2 Å². The van der Waals surface area contributed by atoms with Gasteiger partial charge in [0.1, 0.15) is 24.6 Å². The molecular formula is C39H43F6NO12. The first-order valence-corrected chi connectivity index (χ1v) is 19.6. The van der Waals surface area contributed by atoms with Crippen LogP contribution in [0.2, 0.25) is 0 Å². The fourth-order valence-electron chi connectivity index (χ4n) is 10.9. The summed E-state index contributed by atoms with van der Waals surface area (Å²) in [5.41, 5.74) is -4.52. The fraction of sp³-hybridized carbons (Fsp3) is 0.718. The van der Waals surface area contributed by atoms with Gasteiger partial charge in [-0.15, -0.1) is 0 Å². The number of aromatic nitrogens is 1. The molecule has 2 aliphatic carbocycles. The van der Waals surface area contributed by atoms with Gasteiger partial charge in [0.25, 0.3) is 0 Å². The zero-order chi connectivity index (χ0) is 41.2. The Morgan fingerprint density at radius 3 is 1.48 bits per heavy atom. The lowest BCUT2D eigenvalue weighted by molar-refractivity contribution is -0.558. The molecule has 10 aliphatic rings. The Morgan fingerprint density at radius 1 is 0.672 bits per heavy atom. The second-order valence-corrected chi connectivity index (χ2v) is 17.2. The molecular weight excluding hydrogens is 788 g/mol. The number of pyridine rings is 1. The number of allylic oxidation sites excluding steroid dienone is 2. The highest BCUT2D eigenvalue weighted by atomic mass is 19.4. The molecule has 0 aromatic carbocycles. The molecule has 8 aliphatic heterocycles. The highest BCUT2D eigenvalue weighted by molar-refractivity contribution is 5.91. The first-order chi connectivity index (χ1) is 27.3. The Hall–Kier alpha value is -3.49. The van der Waals surface area contributed by atoms with E-state index in [0.29, 0.717) is 38.5 Å². The summed E-state index contributed by atoms with van der Waals surface area (Å²) in [6.45, 7) is 5.40. The predicted octanol–water partition coefficient (Wildman–Crippen LogP) is 7.52. The minimum absolute atomic E-state index is 0.0339. The third-order valence-corrected chi connectivity index (χ3v) is 13.7. The number of ether oxygens (including phenoxy) is 6. The monoisotopic (exact) mass is 831 g/mol. The zero-order valence-electron chi connectivity index (χ0n) is 32.0. The summed E-state index contributed by atoms with van der Waals surface area (Å²) < 4.78 is 122. The third-order valence-electron chi connectivity index (χ3n) is 13.7. The number of rotatable bonds is 6. The minimum atomic E-state index is -4.98. The minimum Gasteiger partial charge on any atom is -0.456 e. The lowest BCUT2D eigenvalue weighted by Gasteiger charge is -2.57. The molecule has 6 saturated heterocycles. The largest absolute Gasteiger partial charge is 0.456 e. The summed E-state index contributed by atoms with van der Waals surface area (Å²) in [5, 5.41) is 0. The summed E-state index contributed by atoms with van der Waals surface area (Å²) in [7, 11) is 0. The van der Waals surface area contributed by atoms with Gasteiger partial charge in [-0.25, -0.2) is 34.1 Å². The maximum Gasteiger partial charge on any atom is 0.449 e. The number of esters is 2. The number of alkyl halides is 6. The van der Waals surface area contributed by atoms with Gasteiger partial charge in [-0.3, -0.25) is 0 Å². The Bertz CT molecular complexity index is 1810. The first-order valence-electron chi connectivity index (χ1n) is 19.6. The van der Waals surface area contributed by atoms with Gasteiger partial charge in [0.05, 0.1) is 0 Å².